The normalized spacial score (nSPS) is 14.9. The minimum Gasteiger partial charge on any atom is -0.358 e. The Morgan fingerprint density at radius 1 is 0.839 bits per heavy atom. The lowest BCUT2D eigenvalue weighted by Crippen LogP contribution is -2.50. The van der Waals surface area contributed by atoms with Crippen molar-refractivity contribution in [1.82, 2.24) is 14.8 Å². The Bertz CT molecular complexity index is 1280. The van der Waals surface area contributed by atoms with Gasteiger partial charge in [0.1, 0.15) is 0 Å². The quantitative estimate of drug-likeness (QED) is 0.510. The first-order valence-electron chi connectivity index (χ1n) is 10.7. The van der Waals surface area contributed by atoms with Gasteiger partial charge in [-0.15, -0.1) is 0 Å². The number of nitrogens with zero attached hydrogens (tertiary/aromatic N) is 2. The Morgan fingerprint density at radius 3 is 2.32 bits per heavy atom. The summed E-state index contributed by atoms with van der Waals surface area (Å²) in [4.78, 5) is 33.6. The SMILES string of the molecule is Cc1[nH]c2ccccc2c1C(=O)CN1CCN(C(=O)c2cccc3ccccc23)CC1. The van der Waals surface area contributed by atoms with Gasteiger partial charge in [-0.2, -0.15) is 0 Å². The number of aromatic nitrogens is 1. The Kier molecular flexibility index (Phi) is 5.04. The maximum atomic E-state index is 13.2. The Balaban J connectivity index is 1.27. The summed E-state index contributed by atoms with van der Waals surface area (Å²) in [6, 6.07) is 21.8. The molecule has 5 rings (SSSR count). The third-order valence-corrected chi connectivity index (χ3v) is 6.22. The molecule has 0 bridgehead atoms. The van der Waals surface area contributed by atoms with Crippen LogP contribution in [0.4, 0.5) is 0 Å². The number of amides is 1. The van der Waals surface area contributed by atoms with Crippen LogP contribution >= 0.6 is 0 Å². The van der Waals surface area contributed by atoms with Crippen molar-refractivity contribution in [2.75, 3.05) is 32.7 Å². The predicted molar refractivity (Wildman–Crippen MR) is 124 cm³/mol. The summed E-state index contributed by atoms with van der Waals surface area (Å²) >= 11 is 0. The smallest absolute Gasteiger partial charge is 0.254 e. The summed E-state index contributed by atoms with van der Waals surface area (Å²) in [5, 5.41) is 3.05. The number of nitrogens with one attached hydrogen (secondary N) is 1. The van der Waals surface area contributed by atoms with Gasteiger partial charge in [-0.25, -0.2) is 0 Å². The molecule has 1 amide bonds. The lowest BCUT2D eigenvalue weighted by Gasteiger charge is -2.34. The van der Waals surface area contributed by atoms with Crippen LogP contribution in [0, 0.1) is 6.92 Å². The lowest BCUT2D eigenvalue weighted by molar-refractivity contribution is 0.0626. The molecular weight excluding hydrogens is 386 g/mol. The first kappa shape index (κ1) is 19.5. The topological polar surface area (TPSA) is 56.4 Å². The van der Waals surface area contributed by atoms with Crippen LogP contribution in [0.1, 0.15) is 26.4 Å². The van der Waals surface area contributed by atoms with Crippen LogP contribution < -0.4 is 0 Å². The summed E-state index contributed by atoms with van der Waals surface area (Å²) < 4.78 is 0. The van der Waals surface area contributed by atoms with E-state index in [-0.39, 0.29) is 11.7 Å². The minimum absolute atomic E-state index is 0.0650. The standard InChI is InChI=1S/C26H25N3O2/c1-18-25(22-10-4-5-12-23(22)27-18)24(30)17-28-13-15-29(16-14-28)26(31)21-11-6-8-19-7-2-3-9-20(19)21/h2-12,27H,13-17H2,1H3. The van der Waals surface area contributed by atoms with Crippen LogP contribution in [-0.4, -0.2) is 59.2 Å². The van der Waals surface area contributed by atoms with Gasteiger partial charge in [0.05, 0.1) is 6.54 Å². The summed E-state index contributed by atoms with van der Waals surface area (Å²) in [5.41, 5.74) is 3.44. The first-order chi connectivity index (χ1) is 15.1. The molecule has 5 nitrogen and oxygen atoms in total. The van der Waals surface area contributed by atoms with E-state index in [4.69, 9.17) is 0 Å². The zero-order chi connectivity index (χ0) is 21.4. The second kappa shape index (κ2) is 8.00. The number of fused-ring (bicyclic) bond motifs is 2. The van der Waals surface area contributed by atoms with Crippen LogP contribution in [0.2, 0.25) is 0 Å². The lowest BCUT2D eigenvalue weighted by atomic mass is 10.0. The summed E-state index contributed by atoms with van der Waals surface area (Å²) in [7, 11) is 0. The van der Waals surface area contributed by atoms with Crippen molar-refractivity contribution in [3.8, 4) is 0 Å². The number of benzene rings is 3. The van der Waals surface area contributed by atoms with Gasteiger partial charge >= 0.3 is 0 Å². The van der Waals surface area contributed by atoms with E-state index < -0.39 is 0 Å². The highest BCUT2D eigenvalue weighted by molar-refractivity contribution is 6.10. The van der Waals surface area contributed by atoms with Gasteiger partial charge < -0.3 is 9.88 Å². The first-order valence-corrected chi connectivity index (χ1v) is 10.7. The summed E-state index contributed by atoms with van der Waals surface area (Å²) in [5.74, 6) is 0.194. The number of aryl methyl sites for hydroxylation is 1. The van der Waals surface area contributed by atoms with E-state index in [2.05, 4.69) is 9.88 Å². The van der Waals surface area contributed by atoms with Crippen LogP contribution in [-0.2, 0) is 0 Å². The van der Waals surface area contributed by atoms with Crippen LogP contribution in [0.15, 0.2) is 66.7 Å². The number of rotatable bonds is 4. The number of carbonyl (C=O) groups excluding carboxylic acids is 2. The van der Waals surface area contributed by atoms with E-state index in [1.807, 2.05) is 78.6 Å². The molecule has 0 atom stereocenters. The van der Waals surface area contributed by atoms with Gasteiger partial charge in [-0.1, -0.05) is 54.6 Å². The molecule has 0 spiro atoms. The monoisotopic (exact) mass is 411 g/mol. The number of H-pyrrole nitrogens is 1. The molecule has 1 fully saturated rings. The second-order valence-corrected chi connectivity index (χ2v) is 8.19. The Labute approximate surface area is 181 Å². The van der Waals surface area contributed by atoms with Crippen molar-refractivity contribution in [3.63, 3.8) is 0 Å². The van der Waals surface area contributed by atoms with Gasteiger partial charge in [-0.05, 0) is 29.8 Å². The number of carbonyl (C=O) groups is 2. The molecule has 0 unspecified atom stereocenters. The molecule has 4 aromatic rings. The highest BCUT2D eigenvalue weighted by Crippen LogP contribution is 2.23. The molecule has 1 N–H and O–H groups in total. The fraction of sp³-hybridized carbons (Fsp3) is 0.231. The number of para-hydroxylation sites is 1. The second-order valence-electron chi connectivity index (χ2n) is 8.19. The third kappa shape index (κ3) is 3.62. The number of ketones is 1. The maximum absolute atomic E-state index is 13.2. The number of Topliss-reactive ketones (excluding diaryl/α,β-unsaturated/α-hetero) is 1. The van der Waals surface area contributed by atoms with E-state index in [1.54, 1.807) is 0 Å². The molecule has 1 saturated heterocycles. The van der Waals surface area contributed by atoms with Crippen molar-refractivity contribution in [2.45, 2.75) is 6.92 Å². The molecule has 0 aliphatic carbocycles. The van der Waals surface area contributed by atoms with Gasteiger partial charge in [0.25, 0.3) is 5.91 Å². The Hall–Kier alpha value is -3.44. The Morgan fingerprint density at radius 2 is 1.52 bits per heavy atom. The number of aromatic amines is 1. The molecule has 31 heavy (non-hydrogen) atoms. The van der Waals surface area contributed by atoms with Gasteiger partial charge in [0, 0.05) is 53.9 Å². The fourth-order valence-electron chi connectivity index (χ4n) is 4.61. The van der Waals surface area contributed by atoms with Crippen molar-refractivity contribution >= 4 is 33.4 Å². The molecule has 0 saturated carbocycles. The molecular formula is C26H25N3O2. The average Bonchev–Trinajstić information content (AvgIpc) is 3.14. The number of hydrogen-bond donors (Lipinski definition) is 1. The minimum atomic E-state index is 0.0650. The van der Waals surface area contributed by atoms with Gasteiger partial charge in [0.2, 0.25) is 0 Å². The maximum Gasteiger partial charge on any atom is 0.254 e. The van der Waals surface area contributed by atoms with Crippen molar-refractivity contribution in [2.24, 2.45) is 0 Å². The van der Waals surface area contributed by atoms with Crippen molar-refractivity contribution in [1.29, 1.82) is 0 Å². The zero-order valence-corrected chi connectivity index (χ0v) is 17.6. The van der Waals surface area contributed by atoms with Crippen LogP contribution in [0.3, 0.4) is 0 Å². The molecule has 2 heterocycles. The van der Waals surface area contributed by atoms with E-state index >= 15 is 0 Å². The molecule has 1 aromatic heterocycles. The zero-order valence-electron chi connectivity index (χ0n) is 17.6. The van der Waals surface area contributed by atoms with Crippen molar-refractivity contribution in [3.05, 3.63) is 83.6 Å². The molecule has 5 heteroatoms. The molecule has 3 aromatic carbocycles. The third-order valence-electron chi connectivity index (χ3n) is 6.22. The number of hydrogen-bond acceptors (Lipinski definition) is 3. The largest absolute Gasteiger partial charge is 0.358 e. The van der Waals surface area contributed by atoms with Gasteiger partial charge in [-0.3, -0.25) is 14.5 Å². The molecule has 1 aliphatic heterocycles. The van der Waals surface area contributed by atoms with E-state index in [9.17, 15) is 9.59 Å². The highest BCUT2D eigenvalue weighted by Gasteiger charge is 2.25. The van der Waals surface area contributed by atoms with Crippen LogP contribution in [0.5, 0.6) is 0 Å². The summed E-state index contributed by atoms with van der Waals surface area (Å²) in [6.07, 6.45) is 0. The van der Waals surface area contributed by atoms with Crippen LogP contribution in [0.25, 0.3) is 21.7 Å². The van der Waals surface area contributed by atoms with E-state index in [0.29, 0.717) is 32.7 Å². The molecule has 156 valence electrons. The molecule has 0 radical (unpaired) electrons. The summed E-state index contributed by atoms with van der Waals surface area (Å²) in [6.45, 7) is 4.98. The molecule has 1 aliphatic rings. The van der Waals surface area contributed by atoms with E-state index in [0.717, 1.165) is 38.5 Å². The highest BCUT2D eigenvalue weighted by atomic mass is 16.2. The number of piperazine rings is 1. The fourth-order valence-corrected chi connectivity index (χ4v) is 4.61. The van der Waals surface area contributed by atoms with Crippen molar-refractivity contribution < 1.29 is 9.59 Å². The average molecular weight is 412 g/mol. The van der Waals surface area contributed by atoms with E-state index in [1.165, 1.54) is 0 Å². The van der Waals surface area contributed by atoms with Gasteiger partial charge in [0.15, 0.2) is 5.78 Å². The predicted octanol–water partition coefficient (Wildman–Crippen LogP) is 4.27.